The van der Waals surface area contributed by atoms with Crippen LogP contribution in [0.4, 0.5) is 5.69 Å². The van der Waals surface area contributed by atoms with Gasteiger partial charge in [-0.25, -0.2) is 8.42 Å². The van der Waals surface area contributed by atoms with Crippen LogP contribution in [0.25, 0.3) is 0 Å². The first kappa shape index (κ1) is 30.7. The maximum absolute atomic E-state index is 14.1. The highest BCUT2D eigenvalue weighted by Crippen LogP contribution is 2.27. The van der Waals surface area contributed by atoms with Crippen molar-refractivity contribution >= 4 is 27.5 Å². The van der Waals surface area contributed by atoms with Crippen LogP contribution >= 0.6 is 0 Å². The summed E-state index contributed by atoms with van der Waals surface area (Å²) in [5.41, 5.74) is 1.64. The van der Waals surface area contributed by atoms with Gasteiger partial charge < -0.3 is 15.0 Å². The normalized spacial score (nSPS) is 12.3. The van der Waals surface area contributed by atoms with Crippen LogP contribution in [0.1, 0.15) is 45.2 Å². The Hall–Kier alpha value is -3.85. The first-order valence-corrected chi connectivity index (χ1v) is 14.7. The number of hydrogen-bond donors (Lipinski definition) is 1. The van der Waals surface area contributed by atoms with E-state index in [0.717, 1.165) is 15.4 Å². The topological polar surface area (TPSA) is 96.0 Å². The number of aryl methyl sites for hydroxylation is 1. The Labute approximate surface area is 238 Å². The van der Waals surface area contributed by atoms with Gasteiger partial charge in [0.25, 0.3) is 10.0 Å². The summed E-state index contributed by atoms with van der Waals surface area (Å²) in [7, 11) is -2.60. The zero-order valence-corrected chi connectivity index (χ0v) is 24.9. The van der Waals surface area contributed by atoms with E-state index in [0.29, 0.717) is 17.9 Å². The summed E-state index contributed by atoms with van der Waals surface area (Å²) in [4.78, 5) is 29.1. The summed E-state index contributed by atoms with van der Waals surface area (Å²) in [5, 5.41) is 2.98. The fraction of sp³-hybridized carbons (Fsp3) is 0.355. The lowest BCUT2D eigenvalue weighted by Crippen LogP contribution is -2.55. The molecular formula is C31H39N3O5S. The maximum atomic E-state index is 14.1. The number of rotatable bonds is 11. The molecule has 0 saturated heterocycles. The Balaban J connectivity index is 2.07. The number of ether oxygens (including phenoxy) is 1. The van der Waals surface area contributed by atoms with Gasteiger partial charge in [-0.1, -0.05) is 49.4 Å². The van der Waals surface area contributed by atoms with Crippen LogP contribution in [0, 0.1) is 6.92 Å². The predicted octanol–water partition coefficient (Wildman–Crippen LogP) is 4.92. The lowest BCUT2D eigenvalue weighted by atomic mass is 10.0. The molecule has 1 N–H and O–H groups in total. The molecule has 1 atom stereocenters. The van der Waals surface area contributed by atoms with Gasteiger partial charge in [0, 0.05) is 12.1 Å². The molecule has 0 aliphatic carbocycles. The van der Waals surface area contributed by atoms with E-state index in [-0.39, 0.29) is 17.3 Å². The van der Waals surface area contributed by atoms with Crippen LogP contribution in [-0.4, -0.2) is 50.4 Å². The summed E-state index contributed by atoms with van der Waals surface area (Å²) in [6, 6.07) is 21.3. The van der Waals surface area contributed by atoms with Crippen molar-refractivity contribution < 1.29 is 22.7 Å². The molecule has 0 saturated carbocycles. The highest BCUT2D eigenvalue weighted by atomic mass is 32.2. The van der Waals surface area contributed by atoms with Gasteiger partial charge in [0.15, 0.2) is 0 Å². The molecule has 0 spiro atoms. The van der Waals surface area contributed by atoms with Gasteiger partial charge in [-0.05, 0) is 81.6 Å². The molecule has 2 amide bonds. The number of anilines is 1. The van der Waals surface area contributed by atoms with Gasteiger partial charge >= 0.3 is 0 Å². The molecule has 3 aromatic rings. The van der Waals surface area contributed by atoms with Crippen molar-refractivity contribution in [2.24, 2.45) is 0 Å². The number of hydrogen-bond acceptors (Lipinski definition) is 5. The molecule has 8 nitrogen and oxygen atoms in total. The van der Waals surface area contributed by atoms with Gasteiger partial charge in [-0.15, -0.1) is 0 Å². The molecule has 1 unspecified atom stereocenters. The number of carbonyl (C=O) groups is 2. The fourth-order valence-electron chi connectivity index (χ4n) is 4.34. The lowest BCUT2D eigenvalue weighted by molar-refractivity contribution is -0.141. The molecule has 214 valence electrons. The van der Waals surface area contributed by atoms with E-state index in [2.05, 4.69) is 5.32 Å². The van der Waals surface area contributed by atoms with Crippen molar-refractivity contribution in [1.29, 1.82) is 0 Å². The van der Waals surface area contributed by atoms with E-state index < -0.39 is 34.1 Å². The third-order valence-corrected chi connectivity index (χ3v) is 8.24. The summed E-state index contributed by atoms with van der Waals surface area (Å²) in [5.74, 6) is -0.230. The quantitative estimate of drug-likeness (QED) is 0.356. The van der Waals surface area contributed by atoms with Gasteiger partial charge in [-0.3, -0.25) is 13.9 Å². The molecular weight excluding hydrogens is 526 g/mol. The monoisotopic (exact) mass is 565 g/mol. The van der Waals surface area contributed by atoms with Crippen LogP contribution in [0.3, 0.4) is 0 Å². The molecule has 9 heteroatoms. The Bertz CT molecular complexity index is 1400. The van der Waals surface area contributed by atoms with Crippen LogP contribution in [0.2, 0.25) is 0 Å². The van der Waals surface area contributed by atoms with Gasteiger partial charge in [0.1, 0.15) is 18.3 Å². The van der Waals surface area contributed by atoms with Crippen LogP contribution < -0.4 is 14.4 Å². The van der Waals surface area contributed by atoms with Gasteiger partial charge in [-0.2, -0.15) is 0 Å². The number of nitrogens with one attached hydrogen (secondary N) is 1. The lowest BCUT2D eigenvalue weighted by Gasteiger charge is -2.35. The second-order valence-corrected chi connectivity index (χ2v) is 12.5. The Morgan fingerprint density at radius 3 is 2.08 bits per heavy atom. The fourth-order valence-corrected chi connectivity index (χ4v) is 5.78. The summed E-state index contributed by atoms with van der Waals surface area (Å²) >= 11 is 0. The smallest absolute Gasteiger partial charge is 0.264 e. The van der Waals surface area contributed by atoms with Crippen LogP contribution in [0.5, 0.6) is 5.75 Å². The number of amides is 2. The van der Waals surface area contributed by atoms with E-state index >= 15 is 0 Å². The van der Waals surface area contributed by atoms with Crippen molar-refractivity contribution in [3.05, 3.63) is 90.0 Å². The maximum Gasteiger partial charge on any atom is 0.264 e. The molecule has 3 aromatic carbocycles. The molecule has 0 aliphatic rings. The summed E-state index contributed by atoms with van der Waals surface area (Å²) in [6.45, 7) is 9.08. The molecule has 0 aliphatic heterocycles. The number of benzene rings is 3. The van der Waals surface area contributed by atoms with Gasteiger partial charge in [0.05, 0.1) is 17.7 Å². The van der Waals surface area contributed by atoms with E-state index in [9.17, 15) is 18.0 Å². The SMILES string of the molecule is CCC(C(=O)NC(C)(C)C)N(Cc1ccccc1C)C(=O)CN(c1ccc(OC)cc1)S(=O)(=O)c1ccccc1. The molecule has 0 bridgehead atoms. The molecule has 0 aromatic heterocycles. The zero-order chi connectivity index (χ0) is 29.5. The average Bonchev–Trinajstić information content (AvgIpc) is 2.92. The number of nitrogens with zero attached hydrogens (tertiary/aromatic N) is 2. The minimum atomic E-state index is -4.12. The zero-order valence-electron chi connectivity index (χ0n) is 24.0. The highest BCUT2D eigenvalue weighted by Gasteiger charge is 2.34. The number of carbonyl (C=O) groups excluding carboxylic acids is 2. The van der Waals surface area contributed by atoms with Crippen LogP contribution in [0.15, 0.2) is 83.8 Å². The van der Waals surface area contributed by atoms with Crippen LogP contribution in [-0.2, 0) is 26.2 Å². The Morgan fingerprint density at radius 1 is 0.925 bits per heavy atom. The van der Waals surface area contributed by atoms with Crippen molar-refractivity contribution in [2.45, 2.75) is 64.1 Å². The molecule has 0 fully saturated rings. The van der Waals surface area contributed by atoms with Crippen molar-refractivity contribution in [3.8, 4) is 5.75 Å². The minimum absolute atomic E-state index is 0.0570. The third-order valence-electron chi connectivity index (χ3n) is 6.46. The van der Waals surface area contributed by atoms with E-state index in [1.165, 1.54) is 24.1 Å². The summed E-state index contributed by atoms with van der Waals surface area (Å²) in [6.07, 6.45) is 0.355. The molecule has 0 radical (unpaired) electrons. The average molecular weight is 566 g/mol. The molecule has 0 heterocycles. The first-order valence-electron chi connectivity index (χ1n) is 13.2. The highest BCUT2D eigenvalue weighted by molar-refractivity contribution is 7.92. The predicted molar refractivity (Wildman–Crippen MR) is 158 cm³/mol. The second kappa shape index (κ2) is 13.0. The molecule has 3 rings (SSSR count). The third kappa shape index (κ3) is 7.63. The van der Waals surface area contributed by atoms with Crippen molar-refractivity contribution in [2.75, 3.05) is 18.0 Å². The van der Waals surface area contributed by atoms with Crippen molar-refractivity contribution in [3.63, 3.8) is 0 Å². The Kier molecular flexibility index (Phi) is 9.98. The van der Waals surface area contributed by atoms with E-state index in [4.69, 9.17) is 4.74 Å². The number of sulfonamides is 1. The van der Waals surface area contributed by atoms with Crippen molar-refractivity contribution in [1.82, 2.24) is 10.2 Å². The largest absolute Gasteiger partial charge is 0.497 e. The van der Waals surface area contributed by atoms with Gasteiger partial charge in [0.2, 0.25) is 11.8 Å². The minimum Gasteiger partial charge on any atom is -0.497 e. The standard InChI is InChI=1S/C31H39N3O5S/c1-7-28(30(36)32-31(3,4)5)33(21-24-14-12-11-13-23(24)2)29(35)22-34(25-17-19-26(39-6)20-18-25)40(37,38)27-15-9-8-10-16-27/h8-20,28H,7,21-22H2,1-6H3,(H,32,36). The first-order chi connectivity index (χ1) is 18.9. The number of methoxy groups -OCH3 is 1. The van der Waals surface area contributed by atoms with E-state index in [1.54, 1.807) is 42.5 Å². The molecule has 40 heavy (non-hydrogen) atoms. The summed E-state index contributed by atoms with van der Waals surface area (Å²) < 4.78 is 34.1. The van der Waals surface area contributed by atoms with E-state index in [1.807, 2.05) is 58.9 Å². The second-order valence-electron chi connectivity index (χ2n) is 10.6. The Morgan fingerprint density at radius 2 is 1.52 bits per heavy atom.